The fraction of sp³-hybridized carbons (Fsp3) is 0.179. The number of nitrogens with one attached hydrogen (secondary N) is 3. The van der Waals surface area contributed by atoms with Crippen molar-refractivity contribution in [2.45, 2.75) is 33.3 Å². The van der Waals surface area contributed by atoms with Gasteiger partial charge in [-0.15, -0.1) is 12.4 Å². The average Bonchev–Trinajstić information content (AvgIpc) is 2.83. The van der Waals surface area contributed by atoms with Crippen LogP contribution in [0.3, 0.4) is 0 Å². The number of anilines is 3. The van der Waals surface area contributed by atoms with Gasteiger partial charge in [0.2, 0.25) is 0 Å². The van der Waals surface area contributed by atoms with E-state index in [-0.39, 0.29) is 12.4 Å². The molecule has 10 heteroatoms. The number of nitrogens with zero attached hydrogens (tertiary/aromatic N) is 2. The van der Waals surface area contributed by atoms with E-state index in [4.69, 9.17) is 19.9 Å². The molecule has 3 N–H and O–H groups in total. The zero-order valence-electron chi connectivity index (χ0n) is 21.4. The minimum absolute atomic E-state index is 0. The molecule has 0 fully saturated rings. The highest BCUT2D eigenvalue weighted by molar-refractivity contribution is 5.96. The smallest absolute Gasteiger partial charge is 0.412 e. The lowest BCUT2D eigenvalue weighted by atomic mass is 10.1. The number of carbonyl (C=O) groups excluding carboxylic acids is 2. The lowest BCUT2D eigenvalue weighted by molar-refractivity contribution is -0.131. The van der Waals surface area contributed by atoms with Crippen molar-refractivity contribution < 1.29 is 19.1 Å². The van der Waals surface area contributed by atoms with Crippen molar-refractivity contribution in [3.63, 3.8) is 0 Å². The van der Waals surface area contributed by atoms with Crippen LogP contribution in [-0.2, 0) is 9.53 Å². The molecule has 0 aliphatic rings. The number of ether oxygens (including phenoxy) is 2. The highest BCUT2D eigenvalue weighted by atomic mass is 35.5. The van der Waals surface area contributed by atoms with Crippen LogP contribution in [-0.4, -0.2) is 33.8 Å². The summed E-state index contributed by atoms with van der Waals surface area (Å²) in [5, 5.41) is 14.6. The molecule has 1 amide bonds. The maximum absolute atomic E-state index is 12.2. The van der Waals surface area contributed by atoms with E-state index < -0.39 is 17.7 Å². The van der Waals surface area contributed by atoms with Crippen molar-refractivity contribution in [2.24, 2.45) is 0 Å². The van der Waals surface area contributed by atoms with Gasteiger partial charge < -0.3 is 20.2 Å². The summed E-state index contributed by atoms with van der Waals surface area (Å²) in [6.45, 7) is 6.69. The number of para-hydroxylation sites is 1. The van der Waals surface area contributed by atoms with E-state index >= 15 is 0 Å². The fourth-order valence-electron chi connectivity index (χ4n) is 3.59. The maximum atomic E-state index is 12.2. The summed E-state index contributed by atoms with van der Waals surface area (Å²) >= 11 is 0. The molecule has 38 heavy (non-hydrogen) atoms. The molecule has 1 heterocycles. The molecule has 0 radical (unpaired) electrons. The number of rotatable bonds is 6. The summed E-state index contributed by atoms with van der Waals surface area (Å²) in [6.07, 6.45) is 0.556. The second kappa shape index (κ2) is 11.7. The molecule has 0 saturated carbocycles. The van der Waals surface area contributed by atoms with Gasteiger partial charge in [-0.25, -0.2) is 14.8 Å². The van der Waals surface area contributed by atoms with Gasteiger partial charge in [-0.3, -0.25) is 10.1 Å². The lowest BCUT2D eigenvalue weighted by Gasteiger charge is -2.20. The second-order valence-electron chi connectivity index (χ2n) is 9.23. The number of carbonyl (C=O) groups is 2. The Labute approximate surface area is 226 Å². The minimum atomic E-state index is -0.639. The molecular formula is C28H28ClN5O4. The van der Waals surface area contributed by atoms with E-state index in [1.807, 2.05) is 30.3 Å². The average molecular weight is 534 g/mol. The molecule has 0 unspecified atom stereocenters. The Morgan fingerprint density at radius 2 is 1.74 bits per heavy atom. The van der Waals surface area contributed by atoms with Gasteiger partial charge in [-0.1, -0.05) is 24.3 Å². The summed E-state index contributed by atoms with van der Waals surface area (Å²) < 4.78 is 10.5. The van der Waals surface area contributed by atoms with Crippen LogP contribution < -0.4 is 15.4 Å². The summed E-state index contributed by atoms with van der Waals surface area (Å²) in [5.74, 6) is 0.999. The quantitative estimate of drug-likeness (QED) is 0.142. The number of aromatic nitrogens is 2. The van der Waals surface area contributed by atoms with Gasteiger partial charge in [0.05, 0.1) is 11.2 Å². The molecule has 1 aromatic heterocycles. The van der Waals surface area contributed by atoms with Gasteiger partial charge in [-0.2, -0.15) is 0 Å². The maximum Gasteiger partial charge on any atom is 0.412 e. The summed E-state index contributed by atoms with van der Waals surface area (Å²) in [7, 11) is 0. The number of fused-ring (bicyclic) bond motifs is 1. The first kappa shape index (κ1) is 28.1. The molecule has 0 saturated heterocycles. The van der Waals surface area contributed by atoms with Gasteiger partial charge >= 0.3 is 12.1 Å². The second-order valence-corrected chi connectivity index (χ2v) is 9.23. The van der Waals surface area contributed by atoms with E-state index in [9.17, 15) is 9.59 Å². The molecule has 196 valence electrons. The number of amides is 1. The first-order valence-corrected chi connectivity index (χ1v) is 11.6. The van der Waals surface area contributed by atoms with Crippen LogP contribution in [0.25, 0.3) is 22.3 Å². The Bertz CT molecular complexity index is 1500. The van der Waals surface area contributed by atoms with Crippen molar-refractivity contribution >= 4 is 58.8 Å². The Hall–Kier alpha value is -4.50. The van der Waals surface area contributed by atoms with Crippen LogP contribution in [0.15, 0.2) is 66.7 Å². The topological polar surface area (TPSA) is 126 Å². The van der Waals surface area contributed by atoms with Crippen molar-refractivity contribution in [3.8, 4) is 17.1 Å². The Morgan fingerprint density at radius 1 is 0.974 bits per heavy atom. The fourth-order valence-corrected chi connectivity index (χ4v) is 3.59. The monoisotopic (exact) mass is 533 g/mol. The number of esters is 1. The van der Waals surface area contributed by atoms with Gasteiger partial charge in [0, 0.05) is 35.3 Å². The molecule has 9 nitrogen and oxygen atoms in total. The van der Waals surface area contributed by atoms with E-state index in [2.05, 4.69) is 15.6 Å². The van der Waals surface area contributed by atoms with Crippen LogP contribution in [0.1, 0.15) is 33.3 Å². The molecule has 0 aliphatic heterocycles. The van der Waals surface area contributed by atoms with Crippen LogP contribution in [0, 0.1) is 5.41 Å². The number of benzene rings is 3. The predicted octanol–water partition coefficient (Wildman–Crippen LogP) is 6.73. The molecule has 4 aromatic rings. The standard InChI is InChI=1S/C28H27N5O4.ClH/c1-17(34)36-21-9-7-8-18(15-21)25-31-24-11-6-5-10-22(24)26(33-25)30-20-12-13-23(19(14-20)16-29)32-27(35)37-28(2,3)4;/h5-16,29H,1-4H3,(H,32,35)(H,30,31,33);1H. The van der Waals surface area contributed by atoms with Gasteiger partial charge in [0.1, 0.15) is 17.2 Å². The molecule has 0 atom stereocenters. The minimum Gasteiger partial charge on any atom is -0.444 e. The van der Waals surface area contributed by atoms with Crippen molar-refractivity contribution in [2.75, 3.05) is 10.6 Å². The molecule has 3 aromatic carbocycles. The van der Waals surface area contributed by atoms with Crippen LogP contribution in [0.4, 0.5) is 22.0 Å². The predicted molar refractivity (Wildman–Crippen MR) is 151 cm³/mol. The molecule has 4 rings (SSSR count). The SMILES string of the molecule is CC(=O)Oc1cccc(-c2nc(Nc3ccc(NC(=O)OC(C)(C)C)c(C=N)c3)c3ccccc3n2)c1.Cl. The van der Waals surface area contributed by atoms with E-state index in [1.54, 1.807) is 57.2 Å². The lowest BCUT2D eigenvalue weighted by Crippen LogP contribution is -2.27. The van der Waals surface area contributed by atoms with Gasteiger partial charge in [-0.05, 0) is 63.2 Å². The number of halogens is 1. The Kier molecular flexibility index (Phi) is 8.64. The van der Waals surface area contributed by atoms with Crippen molar-refractivity contribution in [1.82, 2.24) is 9.97 Å². The van der Waals surface area contributed by atoms with Gasteiger partial charge in [0.25, 0.3) is 0 Å². The summed E-state index contributed by atoms with van der Waals surface area (Å²) in [6, 6.07) is 19.8. The zero-order valence-corrected chi connectivity index (χ0v) is 22.2. The van der Waals surface area contributed by atoms with Crippen molar-refractivity contribution in [1.29, 1.82) is 5.41 Å². The number of hydrogen-bond donors (Lipinski definition) is 3. The van der Waals surface area contributed by atoms with Crippen LogP contribution >= 0.6 is 12.4 Å². The third kappa shape index (κ3) is 7.04. The highest BCUT2D eigenvalue weighted by Crippen LogP contribution is 2.30. The largest absolute Gasteiger partial charge is 0.444 e. The van der Waals surface area contributed by atoms with Crippen LogP contribution in [0.2, 0.25) is 0 Å². The third-order valence-corrected chi connectivity index (χ3v) is 5.06. The molecule has 0 bridgehead atoms. The molecule has 0 spiro atoms. The van der Waals surface area contributed by atoms with E-state index in [1.165, 1.54) is 6.92 Å². The first-order valence-electron chi connectivity index (χ1n) is 11.6. The van der Waals surface area contributed by atoms with E-state index in [0.29, 0.717) is 39.9 Å². The normalized spacial score (nSPS) is 10.7. The molecular weight excluding hydrogens is 506 g/mol. The van der Waals surface area contributed by atoms with Gasteiger partial charge in [0.15, 0.2) is 5.82 Å². The zero-order chi connectivity index (χ0) is 26.6. The molecule has 0 aliphatic carbocycles. The Morgan fingerprint density at radius 3 is 2.45 bits per heavy atom. The first-order chi connectivity index (χ1) is 17.6. The highest BCUT2D eigenvalue weighted by Gasteiger charge is 2.17. The Balaban J connectivity index is 0.00000400. The van der Waals surface area contributed by atoms with E-state index in [0.717, 1.165) is 17.1 Å². The van der Waals surface area contributed by atoms with Crippen LogP contribution in [0.5, 0.6) is 5.75 Å². The van der Waals surface area contributed by atoms with Crippen molar-refractivity contribution in [3.05, 3.63) is 72.3 Å². The third-order valence-electron chi connectivity index (χ3n) is 5.06. The summed E-state index contributed by atoms with van der Waals surface area (Å²) in [5.41, 5.74) is 2.37. The summed E-state index contributed by atoms with van der Waals surface area (Å²) in [4.78, 5) is 33.0. The number of hydrogen-bond acceptors (Lipinski definition) is 8.